The van der Waals surface area contributed by atoms with Crippen molar-refractivity contribution in [1.82, 2.24) is 4.98 Å². The first kappa shape index (κ1) is 12.7. The van der Waals surface area contributed by atoms with Crippen LogP contribution in [0, 0.1) is 5.82 Å². The summed E-state index contributed by atoms with van der Waals surface area (Å²) < 4.78 is 13.0. The normalized spacial score (nSPS) is 12.2. The fraction of sp³-hybridized carbons (Fsp3) is 0.143. The van der Waals surface area contributed by atoms with Gasteiger partial charge in [0.1, 0.15) is 5.82 Å². The van der Waals surface area contributed by atoms with Gasteiger partial charge in [-0.05, 0) is 35.9 Å². The summed E-state index contributed by atoms with van der Waals surface area (Å²) in [6.07, 6.45) is 3.27. The summed E-state index contributed by atoms with van der Waals surface area (Å²) >= 11 is 5.67. The standard InChI is InChI=1S/C14H11ClFNO/c1-9(10-4-6-17-7-5-10)14(18)11-2-3-13(16)12(15)8-11/h2-9H,1H3. The largest absolute Gasteiger partial charge is 0.294 e. The number of carbonyl (C=O) groups excluding carboxylic acids is 1. The first-order valence-corrected chi connectivity index (χ1v) is 5.86. The summed E-state index contributed by atoms with van der Waals surface area (Å²) in [5.74, 6) is -0.928. The molecule has 2 rings (SSSR count). The molecular formula is C14H11ClFNO. The Kier molecular flexibility index (Phi) is 3.72. The van der Waals surface area contributed by atoms with Crippen LogP contribution in [0.2, 0.25) is 5.02 Å². The third-order valence-corrected chi connectivity index (χ3v) is 3.09. The zero-order valence-electron chi connectivity index (χ0n) is 9.73. The van der Waals surface area contributed by atoms with E-state index in [0.717, 1.165) is 5.56 Å². The van der Waals surface area contributed by atoms with E-state index in [2.05, 4.69) is 4.98 Å². The van der Waals surface area contributed by atoms with Gasteiger partial charge >= 0.3 is 0 Å². The highest BCUT2D eigenvalue weighted by Crippen LogP contribution is 2.23. The van der Waals surface area contributed by atoms with Gasteiger partial charge in [-0.3, -0.25) is 9.78 Å². The van der Waals surface area contributed by atoms with Gasteiger partial charge in [0.25, 0.3) is 0 Å². The Hall–Kier alpha value is -1.74. The van der Waals surface area contributed by atoms with Crippen LogP contribution >= 0.6 is 11.6 Å². The fourth-order valence-electron chi connectivity index (χ4n) is 1.70. The van der Waals surface area contributed by atoms with Gasteiger partial charge < -0.3 is 0 Å². The third kappa shape index (κ3) is 2.57. The molecule has 0 saturated carbocycles. The summed E-state index contributed by atoms with van der Waals surface area (Å²) in [7, 11) is 0. The molecular weight excluding hydrogens is 253 g/mol. The van der Waals surface area contributed by atoms with Crippen LogP contribution in [0.25, 0.3) is 0 Å². The third-order valence-electron chi connectivity index (χ3n) is 2.80. The molecule has 0 aliphatic carbocycles. The second-order valence-corrected chi connectivity index (χ2v) is 4.40. The number of rotatable bonds is 3. The number of carbonyl (C=O) groups is 1. The molecule has 0 radical (unpaired) electrons. The van der Waals surface area contributed by atoms with Crippen LogP contribution < -0.4 is 0 Å². The molecule has 18 heavy (non-hydrogen) atoms. The molecule has 1 unspecified atom stereocenters. The van der Waals surface area contributed by atoms with Crippen molar-refractivity contribution in [2.24, 2.45) is 0 Å². The number of hydrogen-bond acceptors (Lipinski definition) is 2. The van der Waals surface area contributed by atoms with Crippen LogP contribution in [0.3, 0.4) is 0 Å². The van der Waals surface area contributed by atoms with Crippen LogP contribution in [0.4, 0.5) is 4.39 Å². The second-order valence-electron chi connectivity index (χ2n) is 4.00. The molecule has 0 amide bonds. The van der Waals surface area contributed by atoms with Gasteiger partial charge in [0.15, 0.2) is 5.78 Å². The van der Waals surface area contributed by atoms with Crippen LogP contribution in [0.1, 0.15) is 28.8 Å². The van der Waals surface area contributed by atoms with E-state index in [0.29, 0.717) is 5.56 Å². The van der Waals surface area contributed by atoms with Crippen molar-refractivity contribution >= 4 is 17.4 Å². The van der Waals surface area contributed by atoms with E-state index in [1.807, 2.05) is 0 Å². The molecule has 0 aliphatic rings. The summed E-state index contributed by atoms with van der Waals surface area (Å²) in [5.41, 5.74) is 1.28. The van der Waals surface area contributed by atoms with Crippen LogP contribution in [-0.4, -0.2) is 10.8 Å². The highest BCUT2D eigenvalue weighted by Gasteiger charge is 2.17. The fourth-order valence-corrected chi connectivity index (χ4v) is 1.88. The van der Waals surface area contributed by atoms with E-state index in [9.17, 15) is 9.18 Å². The van der Waals surface area contributed by atoms with Gasteiger partial charge in [-0.15, -0.1) is 0 Å². The Balaban J connectivity index is 2.29. The Labute approximate surface area is 109 Å². The lowest BCUT2D eigenvalue weighted by atomic mass is 9.93. The number of Topliss-reactive ketones (excluding diaryl/α,β-unsaturated/α-hetero) is 1. The van der Waals surface area contributed by atoms with Crippen molar-refractivity contribution in [2.45, 2.75) is 12.8 Å². The molecule has 0 N–H and O–H groups in total. The van der Waals surface area contributed by atoms with Gasteiger partial charge in [-0.1, -0.05) is 18.5 Å². The van der Waals surface area contributed by atoms with E-state index in [1.54, 1.807) is 31.5 Å². The first-order valence-electron chi connectivity index (χ1n) is 5.49. The average Bonchev–Trinajstić information content (AvgIpc) is 2.41. The van der Waals surface area contributed by atoms with Crippen molar-refractivity contribution in [1.29, 1.82) is 0 Å². The van der Waals surface area contributed by atoms with Gasteiger partial charge in [-0.25, -0.2) is 4.39 Å². The second kappa shape index (κ2) is 5.27. The summed E-state index contributed by atoms with van der Waals surface area (Å²) in [6.45, 7) is 1.80. The van der Waals surface area contributed by atoms with Crippen LogP contribution in [0.5, 0.6) is 0 Å². The monoisotopic (exact) mass is 263 g/mol. The lowest BCUT2D eigenvalue weighted by Crippen LogP contribution is -2.09. The predicted octanol–water partition coefficient (Wildman–Crippen LogP) is 3.86. The maximum Gasteiger partial charge on any atom is 0.170 e. The van der Waals surface area contributed by atoms with E-state index in [4.69, 9.17) is 11.6 Å². The molecule has 0 bridgehead atoms. The number of benzene rings is 1. The number of hydrogen-bond donors (Lipinski definition) is 0. The highest BCUT2D eigenvalue weighted by molar-refractivity contribution is 6.31. The maximum atomic E-state index is 13.0. The number of aromatic nitrogens is 1. The minimum atomic E-state index is -0.523. The first-order chi connectivity index (χ1) is 8.59. The summed E-state index contributed by atoms with van der Waals surface area (Å²) in [4.78, 5) is 16.1. The maximum absolute atomic E-state index is 13.0. The Bertz CT molecular complexity index is 571. The summed E-state index contributed by atoms with van der Waals surface area (Å²) in [6, 6.07) is 7.58. The number of halogens is 2. The number of nitrogens with zero attached hydrogens (tertiary/aromatic N) is 1. The summed E-state index contributed by atoms with van der Waals surface area (Å²) in [5, 5.41) is -0.0391. The Morgan fingerprint density at radius 3 is 2.56 bits per heavy atom. The smallest absolute Gasteiger partial charge is 0.170 e. The molecule has 0 aliphatic heterocycles. The van der Waals surface area contributed by atoms with Gasteiger partial charge in [0.2, 0.25) is 0 Å². The lowest BCUT2D eigenvalue weighted by Gasteiger charge is -2.10. The van der Waals surface area contributed by atoms with E-state index in [1.165, 1.54) is 18.2 Å². The molecule has 0 saturated heterocycles. The SMILES string of the molecule is CC(C(=O)c1ccc(F)c(Cl)c1)c1ccncc1. The van der Waals surface area contributed by atoms with E-state index >= 15 is 0 Å². The number of pyridine rings is 1. The van der Waals surface area contributed by atoms with Crippen molar-refractivity contribution in [3.8, 4) is 0 Å². The zero-order chi connectivity index (χ0) is 13.1. The Morgan fingerprint density at radius 2 is 1.94 bits per heavy atom. The number of ketones is 1. The van der Waals surface area contributed by atoms with Crippen molar-refractivity contribution in [3.63, 3.8) is 0 Å². The predicted molar refractivity (Wildman–Crippen MR) is 68.4 cm³/mol. The lowest BCUT2D eigenvalue weighted by molar-refractivity contribution is 0.0966. The molecule has 0 spiro atoms. The molecule has 1 heterocycles. The molecule has 1 atom stereocenters. The van der Waals surface area contributed by atoms with E-state index in [-0.39, 0.29) is 16.7 Å². The van der Waals surface area contributed by atoms with Crippen LogP contribution in [0.15, 0.2) is 42.7 Å². The van der Waals surface area contributed by atoms with Crippen molar-refractivity contribution in [2.75, 3.05) is 0 Å². The van der Waals surface area contributed by atoms with Crippen LogP contribution in [-0.2, 0) is 0 Å². The molecule has 4 heteroatoms. The van der Waals surface area contributed by atoms with E-state index < -0.39 is 5.82 Å². The van der Waals surface area contributed by atoms with Gasteiger partial charge in [-0.2, -0.15) is 0 Å². The molecule has 1 aromatic heterocycles. The average molecular weight is 264 g/mol. The molecule has 0 fully saturated rings. The van der Waals surface area contributed by atoms with Gasteiger partial charge in [0, 0.05) is 23.9 Å². The molecule has 2 nitrogen and oxygen atoms in total. The van der Waals surface area contributed by atoms with Crippen molar-refractivity contribution in [3.05, 3.63) is 64.7 Å². The zero-order valence-corrected chi connectivity index (χ0v) is 10.5. The minimum absolute atomic E-state index is 0.0391. The minimum Gasteiger partial charge on any atom is -0.294 e. The quantitative estimate of drug-likeness (QED) is 0.787. The van der Waals surface area contributed by atoms with Crippen molar-refractivity contribution < 1.29 is 9.18 Å². The van der Waals surface area contributed by atoms with Gasteiger partial charge in [0.05, 0.1) is 5.02 Å². The highest BCUT2D eigenvalue weighted by atomic mass is 35.5. The topological polar surface area (TPSA) is 30.0 Å². The molecule has 2 aromatic rings. The Morgan fingerprint density at radius 1 is 1.28 bits per heavy atom. The molecule has 1 aromatic carbocycles. The molecule has 92 valence electrons.